The first kappa shape index (κ1) is 19.7. The summed E-state index contributed by atoms with van der Waals surface area (Å²) in [6.07, 6.45) is 4.64. The number of likely N-dealkylation sites (N-methyl/N-ethyl adjacent to an activating group) is 1. The van der Waals surface area contributed by atoms with E-state index in [0.29, 0.717) is 29.6 Å². The summed E-state index contributed by atoms with van der Waals surface area (Å²) >= 11 is 5.95. The van der Waals surface area contributed by atoms with Gasteiger partial charge in [-0.3, -0.25) is 24.4 Å². The van der Waals surface area contributed by atoms with Crippen molar-refractivity contribution in [1.82, 2.24) is 24.8 Å². The van der Waals surface area contributed by atoms with Crippen molar-refractivity contribution < 1.29 is 9.59 Å². The Labute approximate surface area is 174 Å². The van der Waals surface area contributed by atoms with Crippen LogP contribution in [-0.4, -0.2) is 68.8 Å². The van der Waals surface area contributed by atoms with Gasteiger partial charge in [-0.05, 0) is 33.0 Å². The van der Waals surface area contributed by atoms with Crippen LogP contribution in [0.25, 0.3) is 0 Å². The maximum Gasteiger partial charge on any atom is 0.280 e. The van der Waals surface area contributed by atoms with Crippen LogP contribution in [-0.2, 0) is 4.79 Å². The summed E-state index contributed by atoms with van der Waals surface area (Å²) < 4.78 is 0. The van der Waals surface area contributed by atoms with E-state index in [2.05, 4.69) is 40.7 Å². The highest BCUT2D eigenvalue weighted by Crippen LogP contribution is 2.37. The molecule has 2 aromatic heterocycles. The number of aromatic nitrogens is 3. The van der Waals surface area contributed by atoms with E-state index in [-0.39, 0.29) is 29.5 Å². The number of hydrogen-bond acceptors (Lipinski definition) is 6. The maximum atomic E-state index is 13.2. The fourth-order valence-corrected chi connectivity index (χ4v) is 3.96. The standard InChI is InChI=1S/C20H23ClN6O2/c1-20(2)12-26(9-8-25(20)3)16(28)10-14-17-18(23-7-6-22-17)19(29)27(14)15-5-4-13(21)11-24-15/h4-7,11,14H,8-10,12H2,1-3H3/t14-/m0/s1. The quantitative estimate of drug-likeness (QED) is 0.765. The minimum atomic E-state index is -0.546. The Hall–Kier alpha value is -2.58. The van der Waals surface area contributed by atoms with Gasteiger partial charge in [0.2, 0.25) is 5.91 Å². The second kappa shape index (κ2) is 7.35. The largest absolute Gasteiger partial charge is 0.340 e. The molecule has 152 valence electrons. The molecule has 4 rings (SSSR count). The van der Waals surface area contributed by atoms with Gasteiger partial charge < -0.3 is 4.90 Å². The number of pyridine rings is 1. The van der Waals surface area contributed by atoms with E-state index < -0.39 is 6.04 Å². The molecule has 2 aliphatic rings. The first-order chi connectivity index (χ1) is 13.8. The smallest absolute Gasteiger partial charge is 0.280 e. The minimum Gasteiger partial charge on any atom is -0.340 e. The van der Waals surface area contributed by atoms with Crippen molar-refractivity contribution >= 4 is 29.2 Å². The van der Waals surface area contributed by atoms with Crippen molar-refractivity contribution in [3.8, 4) is 0 Å². The summed E-state index contributed by atoms with van der Waals surface area (Å²) in [6.45, 7) is 6.34. The molecule has 8 nitrogen and oxygen atoms in total. The van der Waals surface area contributed by atoms with Crippen LogP contribution in [0.1, 0.15) is 42.5 Å². The third-order valence-corrected chi connectivity index (χ3v) is 5.99. The number of halogens is 1. The van der Waals surface area contributed by atoms with Crippen LogP contribution in [0.2, 0.25) is 5.02 Å². The molecule has 2 aliphatic heterocycles. The summed E-state index contributed by atoms with van der Waals surface area (Å²) in [4.78, 5) is 44.7. The zero-order chi connectivity index (χ0) is 20.8. The lowest BCUT2D eigenvalue weighted by molar-refractivity contribution is -0.136. The second-order valence-corrected chi connectivity index (χ2v) is 8.51. The van der Waals surface area contributed by atoms with Gasteiger partial charge in [0.15, 0.2) is 5.69 Å². The van der Waals surface area contributed by atoms with E-state index in [9.17, 15) is 9.59 Å². The SMILES string of the molecule is CN1CCN(C(=O)C[C@H]2c3nccnc3C(=O)N2c2ccc(Cl)cn2)CC1(C)C. The van der Waals surface area contributed by atoms with Gasteiger partial charge in [0.25, 0.3) is 5.91 Å². The molecule has 0 bridgehead atoms. The summed E-state index contributed by atoms with van der Waals surface area (Å²) in [5, 5.41) is 0.474. The number of fused-ring (bicyclic) bond motifs is 1. The Morgan fingerprint density at radius 2 is 1.97 bits per heavy atom. The number of carbonyl (C=O) groups is 2. The van der Waals surface area contributed by atoms with Gasteiger partial charge in [0.1, 0.15) is 5.82 Å². The number of anilines is 1. The zero-order valence-electron chi connectivity index (χ0n) is 16.7. The highest BCUT2D eigenvalue weighted by atomic mass is 35.5. The Bertz CT molecular complexity index is 948. The molecule has 0 aliphatic carbocycles. The number of piperazine rings is 1. The molecule has 1 fully saturated rings. The Morgan fingerprint density at radius 3 is 2.66 bits per heavy atom. The van der Waals surface area contributed by atoms with Crippen molar-refractivity contribution in [2.75, 3.05) is 31.6 Å². The minimum absolute atomic E-state index is 0.0126. The molecule has 2 aromatic rings. The number of carbonyl (C=O) groups excluding carboxylic acids is 2. The van der Waals surface area contributed by atoms with Crippen LogP contribution in [0, 0.1) is 0 Å². The van der Waals surface area contributed by atoms with Crippen LogP contribution in [0.15, 0.2) is 30.7 Å². The highest BCUT2D eigenvalue weighted by Gasteiger charge is 2.43. The monoisotopic (exact) mass is 414 g/mol. The summed E-state index contributed by atoms with van der Waals surface area (Å²) in [7, 11) is 2.07. The van der Waals surface area contributed by atoms with E-state index in [1.54, 1.807) is 18.3 Å². The van der Waals surface area contributed by atoms with Crippen molar-refractivity contribution in [2.45, 2.75) is 31.8 Å². The van der Waals surface area contributed by atoms with Crippen LogP contribution in [0.3, 0.4) is 0 Å². The van der Waals surface area contributed by atoms with Gasteiger partial charge in [-0.1, -0.05) is 11.6 Å². The molecule has 0 saturated carbocycles. The normalized spacial score (nSPS) is 21.4. The van der Waals surface area contributed by atoms with E-state index in [1.807, 2.05) is 4.90 Å². The molecule has 1 atom stereocenters. The Kier molecular flexibility index (Phi) is 5.00. The van der Waals surface area contributed by atoms with E-state index in [0.717, 1.165) is 6.54 Å². The first-order valence-electron chi connectivity index (χ1n) is 9.53. The van der Waals surface area contributed by atoms with Gasteiger partial charge in [0, 0.05) is 43.8 Å². The second-order valence-electron chi connectivity index (χ2n) is 8.07. The van der Waals surface area contributed by atoms with Crippen molar-refractivity contribution in [3.05, 3.63) is 47.1 Å². The lowest BCUT2D eigenvalue weighted by Gasteiger charge is -2.45. The molecular formula is C20H23ClN6O2. The van der Waals surface area contributed by atoms with E-state index in [4.69, 9.17) is 11.6 Å². The van der Waals surface area contributed by atoms with Crippen LogP contribution < -0.4 is 4.90 Å². The summed E-state index contributed by atoms with van der Waals surface area (Å²) in [5.41, 5.74) is 0.672. The van der Waals surface area contributed by atoms with Crippen LogP contribution in [0.5, 0.6) is 0 Å². The molecule has 0 radical (unpaired) electrons. The highest BCUT2D eigenvalue weighted by molar-refractivity contribution is 6.30. The van der Waals surface area contributed by atoms with Crippen molar-refractivity contribution in [3.63, 3.8) is 0 Å². The lowest BCUT2D eigenvalue weighted by atomic mass is 9.99. The van der Waals surface area contributed by atoms with Gasteiger partial charge in [-0.15, -0.1) is 0 Å². The molecule has 9 heteroatoms. The molecule has 29 heavy (non-hydrogen) atoms. The third kappa shape index (κ3) is 3.58. The van der Waals surface area contributed by atoms with Gasteiger partial charge >= 0.3 is 0 Å². The molecule has 0 aromatic carbocycles. The molecule has 0 N–H and O–H groups in total. The third-order valence-electron chi connectivity index (χ3n) is 5.77. The fourth-order valence-electron chi connectivity index (χ4n) is 3.85. The van der Waals surface area contributed by atoms with Crippen molar-refractivity contribution in [2.24, 2.45) is 0 Å². The van der Waals surface area contributed by atoms with Crippen LogP contribution >= 0.6 is 11.6 Å². The molecule has 0 spiro atoms. The van der Waals surface area contributed by atoms with Crippen molar-refractivity contribution in [1.29, 1.82) is 0 Å². The topological polar surface area (TPSA) is 82.5 Å². The maximum absolute atomic E-state index is 13.2. The predicted octanol–water partition coefficient (Wildman–Crippen LogP) is 2.17. The summed E-state index contributed by atoms with van der Waals surface area (Å²) in [5.74, 6) is 0.108. The fraction of sp³-hybridized carbons (Fsp3) is 0.450. The number of hydrogen-bond donors (Lipinski definition) is 0. The number of amides is 2. The zero-order valence-corrected chi connectivity index (χ0v) is 17.4. The predicted molar refractivity (Wildman–Crippen MR) is 109 cm³/mol. The molecule has 2 amide bonds. The number of nitrogens with zero attached hydrogens (tertiary/aromatic N) is 6. The molecule has 0 unspecified atom stereocenters. The van der Waals surface area contributed by atoms with Gasteiger partial charge in [-0.2, -0.15) is 0 Å². The lowest BCUT2D eigenvalue weighted by Crippen LogP contribution is -2.59. The average Bonchev–Trinajstić information content (AvgIpc) is 2.97. The molecule has 4 heterocycles. The van der Waals surface area contributed by atoms with E-state index >= 15 is 0 Å². The average molecular weight is 415 g/mol. The molecule has 1 saturated heterocycles. The Morgan fingerprint density at radius 1 is 1.21 bits per heavy atom. The van der Waals surface area contributed by atoms with Crippen LogP contribution in [0.4, 0.5) is 5.82 Å². The van der Waals surface area contributed by atoms with Gasteiger partial charge in [0.05, 0.1) is 23.2 Å². The van der Waals surface area contributed by atoms with E-state index in [1.165, 1.54) is 17.3 Å². The Balaban J connectivity index is 1.63. The molecular weight excluding hydrogens is 392 g/mol. The summed E-state index contributed by atoms with van der Waals surface area (Å²) in [6, 6.07) is 2.79. The van der Waals surface area contributed by atoms with Gasteiger partial charge in [-0.25, -0.2) is 9.97 Å². The first-order valence-corrected chi connectivity index (χ1v) is 9.91. The number of rotatable bonds is 3.